The number of phenolic OH excluding ortho intramolecular Hbond substituents is 1. The smallest absolute Gasteiger partial charge is 0.306 e. The van der Waals surface area contributed by atoms with E-state index < -0.39 is 23.5 Å². The standard InChI is InChI=1S/C11H13FO4/c1-6(11(14)15)5-7-3-4-8(16-2)10(13)9(7)12/h3-4,6,13H,5H2,1-2H3,(H,14,15). The number of aromatic hydroxyl groups is 1. The maximum atomic E-state index is 13.5. The first-order valence-corrected chi connectivity index (χ1v) is 4.74. The Kier molecular flexibility index (Phi) is 3.71. The number of halogens is 1. The highest BCUT2D eigenvalue weighted by molar-refractivity contribution is 5.70. The average Bonchev–Trinajstić information content (AvgIpc) is 2.25. The van der Waals surface area contributed by atoms with Crippen LogP contribution in [-0.4, -0.2) is 23.3 Å². The predicted molar refractivity (Wildman–Crippen MR) is 55.1 cm³/mol. The van der Waals surface area contributed by atoms with Gasteiger partial charge in [0.05, 0.1) is 13.0 Å². The van der Waals surface area contributed by atoms with Gasteiger partial charge in [-0.3, -0.25) is 4.79 Å². The average molecular weight is 228 g/mol. The van der Waals surface area contributed by atoms with Crippen molar-refractivity contribution in [1.82, 2.24) is 0 Å². The molecule has 0 aliphatic carbocycles. The minimum absolute atomic E-state index is 0.0265. The Morgan fingerprint density at radius 1 is 1.56 bits per heavy atom. The van der Waals surface area contributed by atoms with Gasteiger partial charge in [0.15, 0.2) is 17.3 Å². The van der Waals surface area contributed by atoms with Crippen LogP contribution in [0.2, 0.25) is 0 Å². The molecule has 0 bridgehead atoms. The summed E-state index contributed by atoms with van der Waals surface area (Å²) >= 11 is 0. The summed E-state index contributed by atoms with van der Waals surface area (Å²) in [7, 11) is 1.31. The number of benzene rings is 1. The van der Waals surface area contributed by atoms with Gasteiger partial charge < -0.3 is 14.9 Å². The first kappa shape index (κ1) is 12.3. The molecule has 1 aromatic rings. The van der Waals surface area contributed by atoms with E-state index in [1.807, 2.05) is 0 Å². The largest absolute Gasteiger partial charge is 0.502 e. The second-order valence-corrected chi connectivity index (χ2v) is 3.53. The van der Waals surface area contributed by atoms with Gasteiger partial charge in [0.1, 0.15) is 0 Å². The lowest BCUT2D eigenvalue weighted by Gasteiger charge is -2.10. The molecule has 16 heavy (non-hydrogen) atoms. The van der Waals surface area contributed by atoms with E-state index in [2.05, 4.69) is 0 Å². The van der Waals surface area contributed by atoms with Crippen LogP contribution in [0.4, 0.5) is 4.39 Å². The van der Waals surface area contributed by atoms with Crippen LogP contribution in [0.15, 0.2) is 12.1 Å². The Bertz CT molecular complexity index is 403. The van der Waals surface area contributed by atoms with Crippen molar-refractivity contribution in [2.45, 2.75) is 13.3 Å². The quantitative estimate of drug-likeness (QED) is 0.824. The van der Waals surface area contributed by atoms with Crippen molar-refractivity contribution in [1.29, 1.82) is 0 Å². The summed E-state index contributed by atoms with van der Waals surface area (Å²) in [5.74, 6) is -3.09. The van der Waals surface area contributed by atoms with Gasteiger partial charge in [-0.2, -0.15) is 0 Å². The first-order valence-electron chi connectivity index (χ1n) is 4.74. The van der Waals surface area contributed by atoms with Gasteiger partial charge in [0.2, 0.25) is 0 Å². The first-order chi connectivity index (χ1) is 7.47. The normalized spacial score (nSPS) is 12.2. The molecule has 0 spiro atoms. The molecule has 2 N–H and O–H groups in total. The zero-order valence-corrected chi connectivity index (χ0v) is 9.03. The second kappa shape index (κ2) is 4.83. The van der Waals surface area contributed by atoms with Crippen molar-refractivity contribution >= 4 is 5.97 Å². The molecule has 0 aliphatic rings. The van der Waals surface area contributed by atoms with Crippen molar-refractivity contribution in [2.24, 2.45) is 5.92 Å². The zero-order valence-electron chi connectivity index (χ0n) is 9.03. The van der Waals surface area contributed by atoms with E-state index in [9.17, 15) is 14.3 Å². The van der Waals surface area contributed by atoms with Crippen LogP contribution in [0, 0.1) is 11.7 Å². The number of methoxy groups -OCH3 is 1. The highest BCUT2D eigenvalue weighted by Crippen LogP contribution is 2.31. The topological polar surface area (TPSA) is 66.8 Å². The van der Waals surface area contributed by atoms with E-state index in [-0.39, 0.29) is 17.7 Å². The molecule has 0 saturated carbocycles. The number of phenols is 1. The number of carboxylic acid groups (broad SMARTS) is 1. The maximum Gasteiger partial charge on any atom is 0.306 e. The lowest BCUT2D eigenvalue weighted by Crippen LogP contribution is -2.13. The van der Waals surface area contributed by atoms with Crippen molar-refractivity contribution in [3.63, 3.8) is 0 Å². The number of hydrogen-bond donors (Lipinski definition) is 2. The van der Waals surface area contributed by atoms with Crippen molar-refractivity contribution in [3.8, 4) is 11.5 Å². The summed E-state index contributed by atoms with van der Waals surface area (Å²) in [6, 6.07) is 2.82. The molecular weight excluding hydrogens is 215 g/mol. The Morgan fingerprint density at radius 3 is 2.69 bits per heavy atom. The van der Waals surface area contributed by atoms with Crippen LogP contribution >= 0.6 is 0 Å². The van der Waals surface area contributed by atoms with E-state index in [1.54, 1.807) is 0 Å². The Balaban J connectivity index is 2.99. The van der Waals surface area contributed by atoms with Crippen molar-refractivity contribution in [2.75, 3.05) is 7.11 Å². The summed E-state index contributed by atoms with van der Waals surface area (Å²) in [4.78, 5) is 10.6. The molecule has 0 heterocycles. The van der Waals surface area contributed by atoms with Gasteiger partial charge in [-0.25, -0.2) is 4.39 Å². The van der Waals surface area contributed by atoms with E-state index >= 15 is 0 Å². The molecule has 1 rings (SSSR count). The third-order valence-electron chi connectivity index (χ3n) is 2.33. The lowest BCUT2D eigenvalue weighted by molar-refractivity contribution is -0.141. The van der Waals surface area contributed by atoms with Crippen molar-refractivity contribution < 1.29 is 24.1 Å². The maximum absolute atomic E-state index is 13.5. The van der Waals surface area contributed by atoms with E-state index in [4.69, 9.17) is 9.84 Å². The SMILES string of the molecule is COc1ccc(CC(C)C(=O)O)c(F)c1O. The number of ether oxygens (including phenoxy) is 1. The summed E-state index contributed by atoms with van der Waals surface area (Å²) in [5, 5.41) is 18.1. The second-order valence-electron chi connectivity index (χ2n) is 3.53. The Labute approximate surface area is 92.3 Å². The summed E-state index contributed by atoms with van der Waals surface area (Å²) in [5.41, 5.74) is 0.160. The fraction of sp³-hybridized carbons (Fsp3) is 0.364. The summed E-state index contributed by atoms with van der Waals surface area (Å²) in [6.07, 6.45) is 0.0265. The highest BCUT2D eigenvalue weighted by Gasteiger charge is 2.18. The van der Waals surface area contributed by atoms with Crippen LogP contribution < -0.4 is 4.74 Å². The number of rotatable bonds is 4. The van der Waals surface area contributed by atoms with Gasteiger partial charge in [-0.15, -0.1) is 0 Å². The molecule has 5 heteroatoms. The number of carboxylic acids is 1. The third-order valence-corrected chi connectivity index (χ3v) is 2.33. The Morgan fingerprint density at radius 2 is 2.19 bits per heavy atom. The third kappa shape index (κ3) is 2.42. The summed E-state index contributed by atoms with van der Waals surface area (Å²) < 4.78 is 18.3. The van der Waals surface area contributed by atoms with Gasteiger partial charge in [0.25, 0.3) is 0 Å². The molecule has 1 aromatic carbocycles. The number of aliphatic carboxylic acids is 1. The number of carbonyl (C=O) groups is 1. The van der Waals surface area contributed by atoms with Gasteiger partial charge in [0, 0.05) is 0 Å². The van der Waals surface area contributed by atoms with Gasteiger partial charge in [-0.1, -0.05) is 13.0 Å². The minimum Gasteiger partial charge on any atom is -0.502 e. The predicted octanol–water partition coefficient (Wildman–Crippen LogP) is 1.80. The van der Waals surface area contributed by atoms with Crippen LogP contribution in [0.25, 0.3) is 0 Å². The van der Waals surface area contributed by atoms with E-state index in [0.29, 0.717) is 0 Å². The molecule has 0 aliphatic heterocycles. The fourth-order valence-corrected chi connectivity index (χ4v) is 1.33. The van der Waals surface area contributed by atoms with E-state index in [0.717, 1.165) is 0 Å². The Hall–Kier alpha value is -1.78. The number of hydrogen-bond acceptors (Lipinski definition) is 3. The fourth-order valence-electron chi connectivity index (χ4n) is 1.33. The molecular formula is C11H13FO4. The molecule has 1 atom stereocenters. The minimum atomic E-state index is -1.00. The van der Waals surface area contributed by atoms with Crippen molar-refractivity contribution in [3.05, 3.63) is 23.5 Å². The lowest BCUT2D eigenvalue weighted by atomic mass is 10.0. The molecule has 0 radical (unpaired) electrons. The highest BCUT2D eigenvalue weighted by atomic mass is 19.1. The molecule has 4 nitrogen and oxygen atoms in total. The molecule has 88 valence electrons. The van der Waals surface area contributed by atoms with Gasteiger partial charge >= 0.3 is 5.97 Å². The van der Waals surface area contributed by atoms with Crippen LogP contribution in [0.5, 0.6) is 11.5 Å². The zero-order chi connectivity index (χ0) is 12.3. The summed E-state index contributed by atoms with van der Waals surface area (Å²) in [6.45, 7) is 1.48. The monoisotopic (exact) mass is 228 g/mol. The van der Waals surface area contributed by atoms with Gasteiger partial charge in [-0.05, 0) is 18.1 Å². The molecule has 0 fully saturated rings. The molecule has 0 aromatic heterocycles. The molecule has 1 unspecified atom stereocenters. The van der Waals surface area contributed by atoms with Crippen LogP contribution in [-0.2, 0) is 11.2 Å². The van der Waals surface area contributed by atoms with E-state index in [1.165, 1.54) is 26.2 Å². The van der Waals surface area contributed by atoms with Crippen LogP contribution in [0.3, 0.4) is 0 Å². The molecule has 0 saturated heterocycles. The van der Waals surface area contributed by atoms with Crippen LogP contribution in [0.1, 0.15) is 12.5 Å². The molecule has 0 amide bonds.